The molecule has 2 N–H and O–H groups in total. The molecule has 1 aromatic carbocycles. The number of benzene rings is 1. The molecule has 4 heteroatoms. The number of aromatic nitrogens is 2. The number of hydrogen-bond donors (Lipinski definition) is 1. The number of nitrogens with zero attached hydrogens (tertiary/aromatic N) is 2. The minimum absolute atomic E-state index is 0.578. The molecule has 0 saturated carbocycles. The lowest BCUT2D eigenvalue weighted by molar-refractivity contribution is 0.416. The van der Waals surface area contributed by atoms with E-state index in [0.29, 0.717) is 13.1 Å². The van der Waals surface area contributed by atoms with Crippen molar-refractivity contribution in [3.05, 3.63) is 23.9 Å². The maximum atomic E-state index is 5.55. The standard InChI is InChI=1S/C11H15N3O/c1-8-9-4-3-5-10(15-2)11(9)14(13-8)7-6-12/h3-5H,6-7,12H2,1-2H3. The molecular weight excluding hydrogens is 190 g/mol. The van der Waals surface area contributed by atoms with Crippen molar-refractivity contribution in [1.82, 2.24) is 9.78 Å². The summed E-state index contributed by atoms with van der Waals surface area (Å²) < 4.78 is 7.23. The van der Waals surface area contributed by atoms with Crippen LogP contribution in [0.4, 0.5) is 0 Å². The molecule has 0 bridgehead atoms. The van der Waals surface area contributed by atoms with Gasteiger partial charge in [-0.2, -0.15) is 5.10 Å². The average Bonchev–Trinajstić information content (AvgIpc) is 2.57. The first-order valence-electron chi connectivity index (χ1n) is 4.98. The Morgan fingerprint density at radius 2 is 2.27 bits per heavy atom. The monoisotopic (exact) mass is 205 g/mol. The van der Waals surface area contributed by atoms with E-state index >= 15 is 0 Å². The maximum absolute atomic E-state index is 5.55. The van der Waals surface area contributed by atoms with E-state index in [1.54, 1.807) is 7.11 Å². The molecule has 0 fully saturated rings. The molecule has 0 saturated heterocycles. The molecule has 15 heavy (non-hydrogen) atoms. The fourth-order valence-electron chi connectivity index (χ4n) is 1.81. The van der Waals surface area contributed by atoms with Crippen LogP contribution < -0.4 is 10.5 Å². The molecule has 80 valence electrons. The molecule has 0 spiro atoms. The zero-order chi connectivity index (χ0) is 10.8. The van der Waals surface area contributed by atoms with Crippen LogP contribution >= 0.6 is 0 Å². The number of nitrogens with two attached hydrogens (primary N) is 1. The van der Waals surface area contributed by atoms with E-state index in [2.05, 4.69) is 5.10 Å². The Bertz CT molecular complexity index is 476. The lowest BCUT2D eigenvalue weighted by Crippen LogP contribution is -2.11. The number of ether oxygens (including phenoxy) is 1. The van der Waals surface area contributed by atoms with Gasteiger partial charge in [-0.05, 0) is 13.0 Å². The molecular formula is C11H15N3O. The van der Waals surface area contributed by atoms with Crippen LogP contribution in [-0.2, 0) is 6.54 Å². The van der Waals surface area contributed by atoms with Crippen LogP contribution in [-0.4, -0.2) is 23.4 Å². The van der Waals surface area contributed by atoms with Crippen LogP contribution in [0.2, 0.25) is 0 Å². The van der Waals surface area contributed by atoms with Gasteiger partial charge in [0, 0.05) is 11.9 Å². The normalized spacial score (nSPS) is 10.9. The van der Waals surface area contributed by atoms with Gasteiger partial charge in [-0.1, -0.05) is 12.1 Å². The number of para-hydroxylation sites is 1. The van der Waals surface area contributed by atoms with Gasteiger partial charge in [-0.3, -0.25) is 4.68 Å². The zero-order valence-corrected chi connectivity index (χ0v) is 9.03. The average molecular weight is 205 g/mol. The van der Waals surface area contributed by atoms with Crippen molar-refractivity contribution in [2.24, 2.45) is 5.73 Å². The smallest absolute Gasteiger partial charge is 0.144 e. The lowest BCUT2D eigenvalue weighted by atomic mass is 10.2. The van der Waals surface area contributed by atoms with Crippen LogP contribution in [0.1, 0.15) is 5.69 Å². The first-order chi connectivity index (χ1) is 7.27. The van der Waals surface area contributed by atoms with E-state index in [0.717, 1.165) is 22.3 Å². The molecule has 0 aliphatic carbocycles. The fourth-order valence-corrected chi connectivity index (χ4v) is 1.81. The number of aryl methyl sites for hydroxylation is 1. The molecule has 0 aliphatic rings. The Kier molecular flexibility index (Phi) is 2.60. The number of hydrogen-bond acceptors (Lipinski definition) is 3. The van der Waals surface area contributed by atoms with Gasteiger partial charge in [0.1, 0.15) is 11.3 Å². The second kappa shape index (κ2) is 3.90. The zero-order valence-electron chi connectivity index (χ0n) is 9.03. The van der Waals surface area contributed by atoms with Crippen molar-refractivity contribution >= 4 is 10.9 Å². The maximum Gasteiger partial charge on any atom is 0.144 e. The molecule has 0 aliphatic heterocycles. The number of rotatable bonds is 3. The summed E-state index contributed by atoms with van der Waals surface area (Å²) in [6.45, 7) is 3.29. The summed E-state index contributed by atoms with van der Waals surface area (Å²) in [5.74, 6) is 0.849. The van der Waals surface area contributed by atoms with Gasteiger partial charge in [0.15, 0.2) is 0 Å². The predicted molar refractivity (Wildman–Crippen MR) is 60.1 cm³/mol. The van der Waals surface area contributed by atoms with Crippen LogP contribution in [0.25, 0.3) is 10.9 Å². The van der Waals surface area contributed by atoms with Gasteiger partial charge in [-0.25, -0.2) is 0 Å². The van der Waals surface area contributed by atoms with Crippen LogP contribution in [0.5, 0.6) is 5.75 Å². The highest BCUT2D eigenvalue weighted by Crippen LogP contribution is 2.27. The molecule has 0 radical (unpaired) electrons. The summed E-state index contributed by atoms with van der Waals surface area (Å²) >= 11 is 0. The van der Waals surface area contributed by atoms with Crippen molar-refractivity contribution in [2.45, 2.75) is 13.5 Å². The van der Waals surface area contributed by atoms with E-state index in [1.165, 1.54) is 0 Å². The third kappa shape index (κ3) is 1.57. The van der Waals surface area contributed by atoms with Gasteiger partial charge in [0.25, 0.3) is 0 Å². The summed E-state index contributed by atoms with van der Waals surface area (Å²) in [4.78, 5) is 0. The third-order valence-corrected chi connectivity index (χ3v) is 2.48. The van der Waals surface area contributed by atoms with Crippen molar-refractivity contribution in [3.8, 4) is 5.75 Å². The SMILES string of the molecule is COc1cccc2c(C)nn(CCN)c12. The molecule has 2 aromatic rings. The van der Waals surface area contributed by atoms with Crippen LogP contribution in [0.3, 0.4) is 0 Å². The van der Waals surface area contributed by atoms with Gasteiger partial charge in [-0.15, -0.1) is 0 Å². The molecule has 0 unspecified atom stereocenters. The summed E-state index contributed by atoms with van der Waals surface area (Å²) in [6.07, 6.45) is 0. The van der Waals surface area contributed by atoms with Gasteiger partial charge in [0.05, 0.1) is 19.3 Å². The van der Waals surface area contributed by atoms with Crippen molar-refractivity contribution in [2.75, 3.05) is 13.7 Å². The second-order valence-corrected chi connectivity index (χ2v) is 3.45. The van der Waals surface area contributed by atoms with Crippen molar-refractivity contribution < 1.29 is 4.74 Å². The predicted octanol–water partition coefficient (Wildman–Crippen LogP) is 1.31. The minimum Gasteiger partial charge on any atom is -0.494 e. The summed E-state index contributed by atoms with van der Waals surface area (Å²) in [5.41, 5.74) is 7.59. The molecule has 0 amide bonds. The Balaban J connectivity index is 2.70. The Labute approximate surface area is 88.6 Å². The molecule has 1 aromatic heterocycles. The topological polar surface area (TPSA) is 53.1 Å². The number of methoxy groups -OCH3 is 1. The van der Waals surface area contributed by atoms with Gasteiger partial charge in [0.2, 0.25) is 0 Å². The first kappa shape index (κ1) is 9.98. The Morgan fingerprint density at radius 3 is 2.93 bits per heavy atom. The highest BCUT2D eigenvalue weighted by Gasteiger charge is 2.10. The van der Waals surface area contributed by atoms with E-state index in [9.17, 15) is 0 Å². The molecule has 4 nitrogen and oxygen atoms in total. The second-order valence-electron chi connectivity index (χ2n) is 3.45. The van der Waals surface area contributed by atoms with Gasteiger partial charge < -0.3 is 10.5 Å². The van der Waals surface area contributed by atoms with Crippen LogP contribution in [0.15, 0.2) is 18.2 Å². The van der Waals surface area contributed by atoms with E-state index in [4.69, 9.17) is 10.5 Å². The summed E-state index contributed by atoms with van der Waals surface area (Å²) in [7, 11) is 1.67. The quantitative estimate of drug-likeness (QED) is 0.822. The summed E-state index contributed by atoms with van der Waals surface area (Å²) in [6, 6.07) is 5.96. The minimum atomic E-state index is 0.578. The van der Waals surface area contributed by atoms with E-state index in [-0.39, 0.29) is 0 Å². The lowest BCUT2D eigenvalue weighted by Gasteiger charge is -2.05. The largest absolute Gasteiger partial charge is 0.494 e. The van der Waals surface area contributed by atoms with Crippen LogP contribution in [0, 0.1) is 6.92 Å². The molecule has 0 atom stereocenters. The van der Waals surface area contributed by atoms with Crippen molar-refractivity contribution in [3.63, 3.8) is 0 Å². The van der Waals surface area contributed by atoms with Gasteiger partial charge >= 0.3 is 0 Å². The molecule has 2 rings (SSSR count). The summed E-state index contributed by atoms with van der Waals surface area (Å²) in [5, 5.41) is 5.57. The highest BCUT2D eigenvalue weighted by molar-refractivity contribution is 5.87. The number of fused-ring (bicyclic) bond motifs is 1. The Morgan fingerprint density at radius 1 is 1.47 bits per heavy atom. The van der Waals surface area contributed by atoms with E-state index in [1.807, 2.05) is 29.8 Å². The Hall–Kier alpha value is -1.55. The fraction of sp³-hybridized carbons (Fsp3) is 0.364. The van der Waals surface area contributed by atoms with E-state index < -0.39 is 0 Å². The first-order valence-corrected chi connectivity index (χ1v) is 4.98. The third-order valence-electron chi connectivity index (χ3n) is 2.48. The highest BCUT2D eigenvalue weighted by atomic mass is 16.5. The molecule has 1 heterocycles. The van der Waals surface area contributed by atoms with Crippen molar-refractivity contribution in [1.29, 1.82) is 0 Å².